The fraction of sp³-hybridized carbons (Fsp3) is 0.111. The Morgan fingerprint density at radius 2 is 1.60 bits per heavy atom. The number of hydrogen-bond acceptors (Lipinski definition) is 4. The molecule has 25 heavy (non-hydrogen) atoms. The van der Waals surface area contributed by atoms with Crippen molar-refractivity contribution >= 4 is 28.7 Å². The number of nitrogens with one attached hydrogen (secondary N) is 2. The molecule has 0 spiro atoms. The van der Waals surface area contributed by atoms with Gasteiger partial charge in [0.15, 0.2) is 0 Å². The average molecular weight is 363 g/mol. The Kier molecular flexibility index (Phi) is 4.81. The Morgan fingerprint density at radius 1 is 0.920 bits per heavy atom. The molecule has 3 aromatic carbocycles. The Hall–Kier alpha value is -2.73. The highest BCUT2D eigenvalue weighted by Crippen LogP contribution is 2.22. The largest absolute Gasteiger partial charge is 0.380 e. The number of anilines is 3. The van der Waals surface area contributed by atoms with Crippen molar-refractivity contribution in [2.75, 3.05) is 17.2 Å². The number of halogens is 3. The number of hydrogen-bond donors (Lipinski definition) is 2. The van der Waals surface area contributed by atoms with Crippen LogP contribution >= 0.6 is 11.6 Å². The van der Waals surface area contributed by atoms with E-state index < -0.39 is 22.5 Å². The summed E-state index contributed by atoms with van der Waals surface area (Å²) in [5.41, 5.74) is -0.000219. The fourth-order valence-corrected chi connectivity index (χ4v) is 2.53. The lowest BCUT2D eigenvalue weighted by atomic mass is 10.1. The molecule has 0 atom stereocenters. The van der Waals surface area contributed by atoms with E-state index >= 15 is 0 Å². The first-order valence-corrected chi connectivity index (χ1v) is 7.87. The van der Waals surface area contributed by atoms with Gasteiger partial charge >= 0.3 is 0 Å². The number of benzene rings is 2. The van der Waals surface area contributed by atoms with E-state index in [0.29, 0.717) is 16.3 Å². The second kappa shape index (κ2) is 7.03. The molecular weight excluding hydrogens is 350 g/mol. The third kappa shape index (κ3) is 3.69. The van der Waals surface area contributed by atoms with Crippen LogP contribution in [0.5, 0.6) is 0 Å². The van der Waals surface area contributed by atoms with Gasteiger partial charge < -0.3 is 10.6 Å². The van der Waals surface area contributed by atoms with Crippen LogP contribution in [-0.4, -0.2) is 6.54 Å². The van der Waals surface area contributed by atoms with E-state index in [2.05, 4.69) is 10.6 Å². The zero-order chi connectivity index (χ0) is 18.0. The summed E-state index contributed by atoms with van der Waals surface area (Å²) in [6.07, 6.45) is 0.241. The predicted octanol–water partition coefficient (Wildman–Crippen LogP) is 3.61. The van der Waals surface area contributed by atoms with Gasteiger partial charge in [-0.1, -0.05) is 17.7 Å². The molecule has 0 saturated heterocycles. The molecule has 0 aromatic heterocycles. The van der Waals surface area contributed by atoms with Crippen LogP contribution in [0.15, 0.2) is 52.1 Å². The third-order valence-electron chi connectivity index (χ3n) is 3.74. The van der Waals surface area contributed by atoms with E-state index in [-0.39, 0.29) is 24.3 Å². The van der Waals surface area contributed by atoms with Crippen LogP contribution in [-0.2, 0) is 6.42 Å². The maximum atomic E-state index is 13.6. The van der Waals surface area contributed by atoms with Gasteiger partial charge in [-0.3, -0.25) is 9.59 Å². The van der Waals surface area contributed by atoms with Gasteiger partial charge in [0.2, 0.25) is 0 Å². The third-order valence-corrected chi connectivity index (χ3v) is 3.99. The second-order valence-electron chi connectivity index (χ2n) is 5.45. The smallest absolute Gasteiger partial charge is 0.253 e. The Labute approximate surface area is 146 Å². The van der Waals surface area contributed by atoms with Crippen molar-refractivity contribution in [1.29, 1.82) is 0 Å². The zero-order valence-electron chi connectivity index (χ0n) is 12.9. The molecule has 0 amide bonds. The normalized spacial score (nSPS) is 10.8. The van der Waals surface area contributed by atoms with Gasteiger partial charge in [-0.25, -0.2) is 8.78 Å². The first kappa shape index (κ1) is 17.1. The van der Waals surface area contributed by atoms with Crippen molar-refractivity contribution in [3.8, 4) is 0 Å². The van der Waals surface area contributed by atoms with Gasteiger partial charge in [0.05, 0.1) is 0 Å². The Bertz CT molecular complexity index is 980. The van der Waals surface area contributed by atoms with E-state index in [1.165, 1.54) is 12.1 Å². The van der Waals surface area contributed by atoms with Crippen molar-refractivity contribution in [3.05, 3.63) is 85.1 Å². The predicted molar refractivity (Wildman–Crippen MR) is 94.6 cm³/mol. The van der Waals surface area contributed by atoms with Gasteiger partial charge in [-0.05, 0) is 42.3 Å². The number of rotatable bonds is 6. The molecule has 0 aliphatic carbocycles. The van der Waals surface area contributed by atoms with Crippen molar-refractivity contribution in [2.24, 2.45) is 0 Å². The molecule has 3 aromatic rings. The highest BCUT2D eigenvalue weighted by Gasteiger charge is 2.20. The maximum Gasteiger partial charge on any atom is 0.253 e. The summed E-state index contributed by atoms with van der Waals surface area (Å²) in [7, 11) is 0. The van der Waals surface area contributed by atoms with E-state index in [1.807, 2.05) is 0 Å². The maximum absolute atomic E-state index is 13.6. The average Bonchev–Trinajstić information content (AvgIpc) is 2.60. The molecule has 0 aliphatic rings. The molecule has 0 fully saturated rings. The van der Waals surface area contributed by atoms with E-state index in [9.17, 15) is 18.4 Å². The molecule has 0 heterocycles. The van der Waals surface area contributed by atoms with Gasteiger partial charge in [-0.2, -0.15) is 0 Å². The minimum absolute atomic E-state index is 0.155. The summed E-state index contributed by atoms with van der Waals surface area (Å²) in [5.74, 6) is -1.29. The van der Waals surface area contributed by atoms with Gasteiger partial charge in [-0.15, -0.1) is 0 Å². The zero-order valence-corrected chi connectivity index (χ0v) is 13.7. The van der Waals surface area contributed by atoms with Crippen LogP contribution in [0, 0.1) is 11.6 Å². The van der Waals surface area contributed by atoms with Gasteiger partial charge in [0, 0.05) is 23.3 Å². The summed E-state index contributed by atoms with van der Waals surface area (Å²) in [6.45, 7) is 0.225. The minimum atomic E-state index is -0.647. The van der Waals surface area contributed by atoms with Gasteiger partial charge in [0.1, 0.15) is 23.0 Å². The molecule has 0 bridgehead atoms. The summed E-state index contributed by atoms with van der Waals surface area (Å²) in [6, 6.07) is 9.98. The molecule has 0 radical (unpaired) electrons. The van der Waals surface area contributed by atoms with Crippen molar-refractivity contribution < 1.29 is 8.78 Å². The minimum Gasteiger partial charge on any atom is -0.380 e. The summed E-state index contributed by atoms with van der Waals surface area (Å²) in [4.78, 5) is 23.4. The highest BCUT2D eigenvalue weighted by atomic mass is 35.5. The molecule has 0 unspecified atom stereocenters. The first-order valence-electron chi connectivity index (χ1n) is 7.49. The summed E-state index contributed by atoms with van der Waals surface area (Å²) in [5, 5.41) is 6.25. The molecular formula is C18H13ClF2N2O2. The van der Waals surface area contributed by atoms with E-state index in [0.717, 1.165) is 6.07 Å². The summed E-state index contributed by atoms with van der Waals surface area (Å²) >= 11 is 5.80. The topological polar surface area (TPSA) is 58.2 Å². The van der Waals surface area contributed by atoms with E-state index in [1.54, 1.807) is 24.3 Å². The first-order chi connectivity index (χ1) is 12.0. The van der Waals surface area contributed by atoms with Gasteiger partial charge in [0.25, 0.3) is 10.9 Å². The van der Waals surface area contributed by atoms with E-state index in [4.69, 9.17) is 11.6 Å². The van der Waals surface area contributed by atoms with Crippen LogP contribution in [0.2, 0.25) is 5.02 Å². The lowest BCUT2D eigenvalue weighted by Gasteiger charge is -2.15. The fourth-order valence-electron chi connectivity index (χ4n) is 2.40. The van der Waals surface area contributed by atoms with Crippen LogP contribution in [0.1, 0.15) is 5.56 Å². The molecule has 4 nitrogen and oxygen atoms in total. The molecule has 3 rings (SSSR count). The highest BCUT2D eigenvalue weighted by molar-refractivity contribution is 6.30. The Morgan fingerprint density at radius 3 is 2.28 bits per heavy atom. The molecule has 128 valence electrons. The molecule has 2 N–H and O–H groups in total. The second-order valence-corrected chi connectivity index (χ2v) is 5.89. The standard InChI is InChI=1S/C18H13ClF2N2O2/c19-11-2-5-13(6-3-11)23-16-15(17(24)18(16)25)22-8-7-10-1-4-12(20)9-14(10)21/h1-6,9,22-23H,7-8H2. The van der Waals surface area contributed by atoms with Crippen molar-refractivity contribution in [3.63, 3.8) is 0 Å². The lowest BCUT2D eigenvalue weighted by Crippen LogP contribution is -2.37. The van der Waals surface area contributed by atoms with Crippen LogP contribution < -0.4 is 21.5 Å². The lowest BCUT2D eigenvalue weighted by molar-refractivity contribution is 0.572. The van der Waals surface area contributed by atoms with Crippen molar-refractivity contribution in [1.82, 2.24) is 0 Å². The van der Waals surface area contributed by atoms with Crippen LogP contribution in [0.3, 0.4) is 0 Å². The molecule has 7 heteroatoms. The molecule has 0 saturated carbocycles. The summed E-state index contributed by atoms with van der Waals surface area (Å²) < 4.78 is 26.5. The van der Waals surface area contributed by atoms with Crippen LogP contribution in [0.4, 0.5) is 25.8 Å². The van der Waals surface area contributed by atoms with Crippen LogP contribution in [0.25, 0.3) is 0 Å². The Balaban J connectivity index is 1.67. The monoisotopic (exact) mass is 362 g/mol. The SMILES string of the molecule is O=c1c(NCCc2ccc(F)cc2F)c(Nc2ccc(Cl)cc2)c1=O. The quantitative estimate of drug-likeness (QED) is 0.658. The van der Waals surface area contributed by atoms with Crippen molar-refractivity contribution in [2.45, 2.75) is 6.42 Å². The molecule has 0 aliphatic heterocycles.